The molecule has 0 spiro atoms. The lowest BCUT2D eigenvalue weighted by Crippen LogP contribution is -2.63. The molecule has 9 nitrogen and oxygen atoms in total. The fourth-order valence-electron chi connectivity index (χ4n) is 3.74. The number of esters is 1. The Morgan fingerprint density at radius 2 is 1.26 bits per heavy atom. The predicted octanol–water partition coefficient (Wildman–Crippen LogP) is 5.15. The highest BCUT2D eigenvalue weighted by molar-refractivity contribution is 6.85. The fraction of sp³-hybridized carbons (Fsp3) is 0.870. The highest BCUT2D eigenvalue weighted by Gasteiger charge is 2.54. The quantitative estimate of drug-likeness (QED) is 0.0906. The van der Waals surface area contributed by atoms with Crippen LogP contribution in [0.4, 0.5) is 0 Å². The Morgan fingerprint density at radius 1 is 0.842 bits per heavy atom. The molecule has 0 aliphatic carbocycles. The van der Waals surface area contributed by atoms with E-state index >= 15 is 0 Å². The molecule has 226 valence electrons. The normalized spacial score (nSPS) is 16.3. The van der Waals surface area contributed by atoms with Crippen molar-refractivity contribution in [1.29, 1.82) is 0 Å². The Balaban J connectivity index is 6.45. The largest absolute Gasteiger partial charge is 0.479 e. The molecule has 38 heavy (non-hydrogen) atoms. The number of rotatable bonds is 18. The third-order valence-corrected chi connectivity index (χ3v) is 21.8. The van der Waals surface area contributed by atoms with Gasteiger partial charge in [-0.15, -0.1) is 0 Å². The van der Waals surface area contributed by atoms with E-state index in [4.69, 9.17) is 25.6 Å². The van der Waals surface area contributed by atoms with Crippen molar-refractivity contribution in [2.24, 2.45) is 0 Å². The summed E-state index contributed by atoms with van der Waals surface area (Å²) in [6, 6.07) is 0.629. The lowest BCUT2D eigenvalue weighted by Gasteiger charge is -2.45. The van der Waals surface area contributed by atoms with E-state index < -0.39 is 75.8 Å². The van der Waals surface area contributed by atoms with Crippen molar-refractivity contribution in [3.05, 3.63) is 12.2 Å². The van der Waals surface area contributed by atoms with Crippen LogP contribution in [0.5, 0.6) is 0 Å². The van der Waals surface area contributed by atoms with Crippen LogP contribution in [0.3, 0.4) is 0 Å². The van der Waals surface area contributed by atoms with Gasteiger partial charge in [-0.3, -0.25) is 0 Å². The summed E-state index contributed by atoms with van der Waals surface area (Å²) in [5, 5.41) is 21.2. The standard InChI is InChI=1S/C23H56O9Si6/c1-20(2)22(26)27-23(21(25)19-24,28-38(15,31-36(9,10)11)32-37(12,13)14)17-16-18-33(29-34(3,4)5)30-35(6,7)8/h21,24-25,33H,1,16-19H2,2-15H3. The van der Waals surface area contributed by atoms with Crippen LogP contribution in [-0.2, 0) is 30.4 Å². The number of aliphatic hydroxyl groups excluding tert-OH is 2. The molecule has 0 aromatic carbocycles. The lowest BCUT2D eigenvalue weighted by molar-refractivity contribution is -0.251. The Bertz CT molecular complexity index is 739. The van der Waals surface area contributed by atoms with Gasteiger partial charge in [0, 0.05) is 18.5 Å². The Labute approximate surface area is 239 Å². The van der Waals surface area contributed by atoms with Crippen LogP contribution in [-0.4, -0.2) is 86.0 Å². The molecule has 0 aliphatic rings. The molecular formula is C23H56O9Si6. The first-order valence-corrected chi connectivity index (χ1v) is 31.0. The minimum atomic E-state index is -3.48. The number of hydrogen-bond donors (Lipinski definition) is 2. The summed E-state index contributed by atoms with van der Waals surface area (Å²) in [4.78, 5) is 12.8. The SMILES string of the molecule is C=C(C)C(=O)OC(CCC[SiH](O[Si](C)(C)C)O[Si](C)(C)C)(O[Si](C)(O[Si](C)(C)C)O[Si](C)(C)C)C(O)CO. The summed E-state index contributed by atoms with van der Waals surface area (Å²) in [6.07, 6.45) is -0.936. The van der Waals surface area contributed by atoms with Gasteiger partial charge in [0.25, 0.3) is 0 Å². The summed E-state index contributed by atoms with van der Waals surface area (Å²) in [5.41, 5.74) is 0.153. The predicted molar refractivity (Wildman–Crippen MR) is 168 cm³/mol. The van der Waals surface area contributed by atoms with E-state index in [0.29, 0.717) is 12.5 Å². The third-order valence-electron chi connectivity index (χ3n) is 4.57. The number of carbonyl (C=O) groups is 1. The van der Waals surface area contributed by atoms with Crippen LogP contribution >= 0.6 is 0 Å². The van der Waals surface area contributed by atoms with Gasteiger partial charge in [-0.05, 0) is 98.0 Å². The van der Waals surface area contributed by atoms with Crippen molar-refractivity contribution >= 4 is 57.3 Å². The van der Waals surface area contributed by atoms with Crippen molar-refractivity contribution in [2.75, 3.05) is 6.61 Å². The maximum atomic E-state index is 12.8. The fourth-order valence-corrected chi connectivity index (χ4v) is 22.8. The maximum absolute atomic E-state index is 12.8. The zero-order chi connectivity index (χ0) is 30.4. The van der Waals surface area contributed by atoms with Gasteiger partial charge in [-0.25, -0.2) is 4.79 Å². The molecule has 0 rings (SSSR count). The van der Waals surface area contributed by atoms with E-state index in [1.54, 1.807) is 6.55 Å². The second-order valence-corrected chi connectivity index (χ2v) is 37.6. The van der Waals surface area contributed by atoms with Crippen LogP contribution in [0.25, 0.3) is 0 Å². The van der Waals surface area contributed by atoms with Crippen molar-refractivity contribution < 1.29 is 40.6 Å². The van der Waals surface area contributed by atoms with Crippen molar-refractivity contribution in [3.63, 3.8) is 0 Å². The smallest absolute Gasteiger partial charge is 0.439 e. The first-order valence-electron chi connectivity index (χ1n) is 13.4. The molecule has 0 radical (unpaired) electrons. The molecule has 0 bridgehead atoms. The van der Waals surface area contributed by atoms with Gasteiger partial charge in [0.05, 0.1) is 6.61 Å². The third kappa shape index (κ3) is 16.5. The maximum Gasteiger partial charge on any atom is 0.479 e. The molecule has 0 saturated heterocycles. The monoisotopic (exact) mass is 644 g/mol. The van der Waals surface area contributed by atoms with E-state index in [2.05, 4.69) is 45.9 Å². The Morgan fingerprint density at radius 3 is 1.58 bits per heavy atom. The summed E-state index contributed by atoms with van der Waals surface area (Å²) in [6.45, 7) is 31.3. The van der Waals surface area contributed by atoms with Crippen LogP contribution in [0.2, 0.25) is 91.2 Å². The average Bonchev–Trinajstić information content (AvgIpc) is 2.60. The van der Waals surface area contributed by atoms with Gasteiger partial charge >= 0.3 is 24.1 Å². The number of hydrogen-bond acceptors (Lipinski definition) is 9. The van der Waals surface area contributed by atoms with Crippen LogP contribution < -0.4 is 0 Å². The van der Waals surface area contributed by atoms with Crippen molar-refractivity contribution in [3.8, 4) is 0 Å². The molecule has 0 aliphatic heterocycles. The molecular weight excluding hydrogens is 589 g/mol. The van der Waals surface area contributed by atoms with Crippen molar-refractivity contribution in [2.45, 2.75) is 123 Å². The van der Waals surface area contributed by atoms with Gasteiger partial charge in [0.1, 0.15) is 6.10 Å². The van der Waals surface area contributed by atoms with E-state index in [0.717, 1.165) is 0 Å². The number of aliphatic hydroxyl groups is 2. The highest BCUT2D eigenvalue weighted by atomic mass is 28.5. The molecule has 2 atom stereocenters. The summed E-state index contributed by atoms with van der Waals surface area (Å²) < 4.78 is 38.3. The zero-order valence-electron chi connectivity index (χ0n) is 26.4. The lowest BCUT2D eigenvalue weighted by atomic mass is 10.0. The van der Waals surface area contributed by atoms with Crippen LogP contribution in [0, 0.1) is 0 Å². The van der Waals surface area contributed by atoms with E-state index in [9.17, 15) is 15.0 Å². The van der Waals surface area contributed by atoms with Gasteiger partial charge in [0.15, 0.2) is 33.3 Å². The minimum absolute atomic E-state index is 0.105. The molecule has 0 saturated carbocycles. The van der Waals surface area contributed by atoms with Gasteiger partial charge in [-0.2, -0.15) is 0 Å². The molecule has 0 heterocycles. The van der Waals surface area contributed by atoms with Gasteiger partial charge < -0.3 is 35.8 Å². The second-order valence-electron chi connectivity index (χ2n) is 13.9. The first-order chi connectivity index (χ1) is 16.7. The summed E-state index contributed by atoms with van der Waals surface area (Å²) in [7, 11) is -13.7. The minimum Gasteiger partial charge on any atom is -0.439 e. The average molecular weight is 645 g/mol. The highest BCUT2D eigenvalue weighted by Crippen LogP contribution is 2.34. The molecule has 15 heteroatoms. The topological polar surface area (TPSA) is 113 Å². The zero-order valence-corrected chi connectivity index (χ0v) is 32.6. The van der Waals surface area contributed by atoms with E-state index in [-0.39, 0.29) is 12.0 Å². The molecule has 2 unspecified atom stereocenters. The van der Waals surface area contributed by atoms with E-state index in [1.807, 2.05) is 39.3 Å². The summed E-state index contributed by atoms with van der Waals surface area (Å²) in [5.74, 6) is -2.61. The van der Waals surface area contributed by atoms with Crippen LogP contribution in [0.1, 0.15) is 19.8 Å². The molecule has 0 amide bonds. The molecule has 0 fully saturated rings. The second kappa shape index (κ2) is 14.4. The molecule has 0 aromatic heterocycles. The van der Waals surface area contributed by atoms with Gasteiger partial charge in [0.2, 0.25) is 5.79 Å². The first kappa shape index (κ1) is 38.2. The summed E-state index contributed by atoms with van der Waals surface area (Å²) >= 11 is 0. The Hall–Kier alpha value is 0.231. The molecule has 0 aromatic rings. The van der Waals surface area contributed by atoms with E-state index in [1.165, 1.54) is 6.92 Å². The van der Waals surface area contributed by atoms with Crippen LogP contribution in [0.15, 0.2) is 12.2 Å². The van der Waals surface area contributed by atoms with Crippen molar-refractivity contribution in [1.82, 2.24) is 0 Å². The Kier molecular flexibility index (Phi) is 14.5. The molecule has 2 N–H and O–H groups in total. The number of ether oxygens (including phenoxy) is 1. The number of carbonyl (C=O) groups excluding carboxylic acids is 1. The van der Waals surface area contributed by atoms with Gasteiger partial charge in [-0.1, -0.05) is 6.58 Å².